The van der Waals surface area contributed by atoms with Crippen molar-refractivity contribution in [3.05, 3.63) is 0 Å². The van der Waals surface area contributed by atoms with E-state index in [0.717, 1.165) is 6.42 Å². The van der Waals surface area contributed by atoms with E-state index in [1.54, 1.807) is 0 Å². The van der Waals surface area contributed by atoms with Crippen LogP contribution in [-0.4, -0.2) is 34.7 Å². The summed E-state index contributed by atoms with van der Waals surface area (Å²) in [6.07, 6.45) is 2.70. The molecule has 5 heteroatoms. The molecule has 3 unspecified atom stereocenters. The number of nitrogens with one attached hydrogen (secondary N) is 1. The van der Waals surface area contributed by atoms with Crippen LogP contribution in [0.1, 0.15) is 39.5 Å². The van der Waals surface area contributed by atoms with Gasteiger partial charge in [-0.25, -0.2) is 0 Å². The van der Waals surface area contributed by atoms with Crippen molar-refractivity contribution < 1.29 is 19.8 Å². The van der Waals surface area contributed by atoms with Crippen LogP contribution in [0.25, 0.3) is 0 Å². The molecule has 1 saturated carbocycles. The highest BCUT2D eigenvalue weighted by Gasteiger charge is 2.38. The third-order valence-electron chi connectivity index (χ3n) is 3.83. The zero-order chi connectivity index (χ0) is 13.7. The summed E-state index contributed by atoms with van der Waals surface area (Å²) < 4.78 is 0. The zero-order valence-corrected chi connectivity index (χ0v) is 11.1. The van der Waals surface area contributed by atoms with Crippen LogP contribution in [0, 0.1) is 17.8 Å². The standard InChI is InChI=1S/C13H23NO4/c1-3-9(7-15)14-12(16)10-5-4-8(2)6-11(10)13(17)18/h8-11,15H,3-7H2,1-2H3,(H,14,16)(H,17,18)/t8?,9-,10?,11?/m0/s1. The van der Waals surface area contributed by atoms with Gasteiger partial charge in [0.15, 0.2) is 0 Å². The predicted octanol–water partition coefficient (Wildman–Crippen LogP) is 1.01. The van der Waals surface area contributed by atoms with Gasteiger partial charge in [-0.05, 0) is 31.6 Å². The maximum Gasteiger partial charge on any atom is 0.307 e. The molecule has 0 bridgehead atoms. The van der Waals surface area contributed by atoms with Gasteiger partial charge in [-0.2, -0.15) is 0 Å². The normalized spacial score (nSPS) is 29.6. The van der Waals surface area contributed by atoms with Crippen LogP contribution in [0.5, 0.6) is 0 Å². The summed E-state index contributed by atoms with van der Waals surface area (Å²) >= 11 is 0. The Hall–Kier alpha value is -1.10. The molecule has 0 saturated heterocycles. The van der Waals surface area contributed by atoms with Crippen LogP contribution in [0.15, 0.2) is 0 Å². The van der Waals surface area contributed by atoms with Gasteiger partial charge < -0.3 is 15.5 Å². The Labute approximate surface area is 108 Å². The van der Waals surface area contributed by atoms with Gasteiger partial charge >= 0.3 is 5.97 Å². The predicted molar refractivity (Wildman–Crippen MR) is 66.9 cm³/mol. The molecule has 3 N–H and O–H groups in total. The van der Waals surface area contributed by atoms with E-state index in [2.05, 4.69) is 5.32 Å². The lowest BCUT2D eigenvalue weighted by Gasteiger charge is -2.32. The Kier molecular flexibility index (Phi) is 5.59. The number of aliphatic hydroxyl groups excluding tert-OH is 1. The molecule has 1 aliphatic rings. The quantitative estimate of drug-likeness (QED) is 0.686. The molecule has 0 aromatic carbocycles. The third kappa shape index (κ3) is 3.70. The minimum atomic E-state index is -0.890. The van der Waals surface area contributed by atoms with Gasteiger partial charge in [0.25, 0.3) is 0 Å². The Bertz CT molecular complexity index is 301. The van der Waals surface area contributed by atoms with Crippen molar-refractivity contribution >= 4 is 11.9 Å². The van der Waals surface area contributed by atoms with Crippen LogP contribution in [-0.2, 0) is 9.59 Å². The number of hydrogen-bond donors (Lipinski definition) is 3. The Morgan fingerprint density at radius 1 is 1.33 bits per heavy atom. The van der Waals surface area contributed by atoms with Crippen molar-refractivity contribution in [3.63, 3.8) is 0 Å². The van der Waals surface area contributed by atoms with E-state index in [4.69, 9.17) is 5.11 Å². The zero-order valence-electron chi connectivity index (χ0n) is 11.1. The monoisotopic (exact) mass is 257 g/mol. The summed E-state index contributed by atoms with van der Waals surface area (Å²) in [6.45, 7) is 3.79. The maximum atomic E-state index is 12.1. The fourth-order valence-electron chi connectivity index (χ4n) is 2.55. The Morgan fingerprint density at radius 2 is 2.00 bits per heavy atom. The molecule has 1 amide bonds. The van der Waals surface area contributed by atoms with Gasteiger partial charge in [-0.3, -0.25) is 9.59 Å². The molecule has 0 aromatic heterocycles. The number of carboxylic acid groups (broad SMARTS) is 1. The number of aliphatic hydroxyl groups is 1. The molecule has 1 aliphatic carbocycles. The van der Waals surface area contributed by atoms with E-state index in [0.29, 0.717) is 25.2 Å². The molecule has 18 heavy (non-hydrogen) atoms. The number of aliphatic carboxylic acids is 1. The highest BCUT2D eigenvalue weighted by Crippen LogP contribution is 2.34. The topological polar surface area (TPSA) is 86.6 Å². The molecule has 5 nitrogen and oxygen atoms in total. The number of amides is 1. The Balaban J connectivity index is 2.67. The Morgan fingerprint density at radius 3 is 2.50 bits per heavy atom. The summed E-state index contributed by atoms with van der Waals surface area (Å²) in [7, 11) is 0. The second kappa shape index (κ2) is 6.73. The molecule has 1 fully saturated rings. The lowest BCUT2D eigenvalue weighted by Crippen LogP contribution is -2.45. The van der Waals surface area contributed by atoms with Gasteiger partial charge in [0.05, 0.1) is 24.5 Å². The molecular formula is C13H23NO4. The minimum absolute atomic E-state index is 0.108. The minimum Gasteiger partial charge on any atom is -0.481 e. The van der Waals surface area contributed by atoms with Crippen molar-refractivity contribution in [2.24, 2.45) is 17.8 Å². The molecule has 104 valence electrons. The van der Waals surface area contributed by atoms with E-state index in [-0.39, 0.29) is 18.6 Å². The third-order valence-corrected chi connectivity index (χ3v) is 3.83. The van der Waals surface area contributed by atoms with Crippen molar-refractivity contribution in [1.29, 1.82) is 0 Å². The first kappa shape index (κ1) is 15.0. The van der Waals surface area contributed by atoms with Gasteiger partial charge in [0.1, 0.15) is 0 Å². The van der Waals surface area contributed by atoms with Crippen LogP contribution >= 0.6 is 0 Å². The molecule has 4 atom stereocenters. The number of carbonyl (C=O) groups is 2. The second-order valence-corrected chi connectivity index (χ2v) is 5.27. The highest BCUT2D eigenvalue weighted by molar-refractivity contribution is 5.85. The van der Waals surface area contributed by atoms with Gasteiger partial charge in [-0.15, -0.1) is 0 Å². The second-order valence-electron chi connectivity index (χ2n) is 5.27. The van der Waals surface area contributed by atoms with E-state index >= 15 is 0 Å². The summed E-state index contributed by atoms with van der Waals surface area (Å²) in [5, 5.41) is 21.0. The SMILES string of the molecule is CC[C@@H](CO)NC(=O)C1CCC(C)CC1C(=O)O. The average Bonchev–Trinajstić information content (AvgIpc) is 2.35. The van der Waals surface area contributed by atoms with Crippen LogP contribution in [0.2, 0.25) is 0 Å². The van der Waals surface area contributed by atoms with E-state index in [1.165, 1.54) is 0 Å². The van der Waals surface area contributed by atoms with Gasteiger partial charge in [0.2, 0.25) is 5.91 Å². The van der Waals surface area contributed by atoms with Crippen LogP contribution < -0.4 is 5.32 Å². The first-order valence-electron chi connectivity index (χ1n) is 6.63. The lowest BCUT2D eigenvalue weighted by atomic mass is 9.74. The first-order valence-corrected chi connectivity index (χ1v) is 6.63. The fourth-order valence-corrected chi connectivity index (χ4v) is 2.55. The number of hydrogen-bond acceptors (Lipinski definition) is 3. The largest absolute Gasteiger partial charge is 0.481 e. The van der Waals surface area contributed by atoms with E-state index in [9.17, 15) is 14.7 Å². The van der Waals surface area contributed by atoms with Gasteiger partial charge in [0, 0.05) is 0 Å². The molecule has 0 spiro atoms. The van der Waals surface area contributed by atoms with Crippen molar-refractivity contribution in [2.45, 2.75) is 45.6 Å². The van der Waals surface area contributed by atoms with Crippen molar-refractivity contribution in [2.75, 3.05) is 6.61 Å². The fraction of sp³-hybridized carbons (Fsp3) is 0.846. The molecular weight excluding hydrogens is 234 g/mol. The summed E-state index contributed by atoms with van der Waals surface area (Å²) in [6, 6.07) is -0.272. The molecule has 0 aliphatic heterocycles. The molecule has 0 radical (unpaired) electrons. The first-order chi connectivity index (χ1) is 8.49. The smallest absolute Gasteiger partial charge is 0.307 e. The maximum absolute atomic E-state index is 12.1. The molecule has 0 aromatic rings. The summed E-state index contributed by atoms with van der Waals surface area (Å²) in [5.41, 5.74) is 0. The van der Waals surface area contributed by atoms with Crippen molar-refractivity contribution in [3.8, 4) is 0 Å². The molecule has 1 rings (SSSR count). The number of carbonyl (C=O) groups excluding carboxylic acids is 1. The van der Waals surface area contributed by atoms with Crippen LogP contribution in [0.3, 0.4) is 0 Å². The van der Waals surface area contributed by atoms with Gasteiger partial charge in [-0.1, -0.05) is 13.8 Å². The summed E-state index contributed by atoms with van der Waals surface area (Å²) in [5.74, 6) is -1.81. The summed E-state index contributed by atoms with van der Waals surface area (Å²) in [4.78, 5) is 23.3. The van der Waals surface area contributed by atoms with E-state index < -0.39 is 17.8 Å². The van der Waals surface area contributed by atoms with E-state index in [1.807, 2.05) is 13.8 Å². The molecule has 0 heterocycles. The lowest BCUT2D eigenvalue weighted by molar-refractivity contribution is -0.150. The highest BCUT2D eigenvalue weighted by atomic mass is 16.4. The average molecular weight is 257 g/mol. The number of rotatable bonds is 5. The van der Waals surface area contributed by atoms with Crippen molar-refractivity contribution in [1.82, 2.24) is 5.32 Å². The van der Waals surface area contributed by atoms with Crippen LogP contribution in [0.4, 0.5) is 0 Å². The number of carboxylic acids is 1.